The molecule has 4 heteroatoms. The lowest BCUT2D eigenvalue weighted by atomic mass is 9.85. The lowest BCUT2D eigenvalue weighted by Gasteiger charge is -2.43. The second kappa shape index (κ2) is 8.81. The van der Waals surface area contributed by atoms with Gasteiger partial charge in [0.2, 0.25) is 0 Å². The zero-order valence-electron chi connectivity index (χ0n) is 12.3. The minimum atomic E-state index is 0.236. The number of unbranched alkanes of at least 4 members (excludes halogenated alkanes) is 2. The summed E-state index contributed by atoms with van der Waals surface area (Å²) in [5.74, 6) is 3.90. The predicted molar refractivity (Wildman–Crippen MR) is 88.5 cm³/mol. The van der Waals surface area contributed by atoms with E-state index in [-0.39, 0.29) is 5.60 Å². The summed E-state index contributed by atoms with van der Waals surface area (Å²) < 4.78 is 6.14. The maximum absolute atomic E-state index is 6.14. The van der Waals surface area contributed by atoms with Crippen molar-refractivity contribution >= 4 is 23.5 Å². The monoisotopic (exact) mass is 303 g/mol. The molecular weight excluding hydrogens is 274 g/mol. The van der Waals surface area contributed by atoms with E-state index in [2.05, 4.69) is 23.3 Å². The van der Waals surface area contributed by atoms with E-state index in [0.717, 1.165) is 6.61 Å². The van der Waals surface area contributed by atoms with Crippen molar-refractivity contribution in [1.29, 1.82) is 0 Å². The van der Waals surface area contributed by atoms with Gasteiger partial charge in [0, 0.05) is 12.6 Å². The molecule has 0 saturated carbocycles. The molecule has 0 amide bonds. The van der Waals surface area contributed by atoms with Gasteiger partial charge in [-0.05, 0) is 68.6 Å². The Labute approximate surface area is 127 Å². The van der Waals surface area contributed by atoms with Gasteiger partial charge in [0.1, 0.15) is 0 Å². The molecule has 0 aromatic heterocycles. The molecule has 2 saturated heterocycles. The van der Waals surface area contributed by atoms with Crippen LogP contribution in [0.4, 0.5) is 0 Å². The number of ether oxygens (including phenoxy) is 1. The van der Waals surface area contributed by atoms with Crippen LogP contribution in [0.3, 0.4) is 0 Å². The Balaban J connectivity index is 1.61. The molecular formula is C15H29NOS2. The first-order chi connectivity index (χ1) is 9.35. The van der Waals surface area contributed by atoms with E-state index < -0.39 is 0 Å². The fourth-order valence-corrected chi connectivity index (χ4v) is 4.88. The Kier molecular flexibility index (Phi) is 7.42. The summed E-state index contributed by atoms with van der Waals surface area (Å²) >= 11 is 4.05. The number of hydrogen-bond donors (Lipinski definition) is 1. The largest absolute Gasteiger partial charge is 0.375 e. The van der Waals surface area contributed by atoms with Gasteiger partial charge in [0.05, 0.1) is 5.60 Å². The summed E-state index contributed by atoms with van der Waals surface area (Å²) in [6.07, 6.45) is 11.3. The SMILES string of the molecule is CSCCCCCNC1CCOC2(CCSCC2)C1. The second-order valence-corrected chi connectivity index (χ2v) is 8.05. The van der Waals surface area contributed by atoms with Crippen LogP contribution in [-0.4, -0.2) is 48.3 Å². The third-order valence-electron chi connectivity index (χ3n) is 4.36. The smallest absolute Gasteiger partial charge is 0.0713 e. The first kappa shape index (κ1) is 16.0. The van der Waals surface area contributed by atoms with Gasteiger partial charge in [-0.2, -0.15) is 23.5 Å². The van der Waals surface area contributed by atoms with Crippen molar-refractivity contribution in [2.24, 2.45) is 0 Å². The maximum Gasteiger partial charge on any atom is 0.0713 e. The van der Waals surface area contributed by atoms with Gasteiger partial charge in [-0.15, -0.1) is 0 Å². The van der Waals surface area contributed by atoms with Gasteiger partial charge in [-0.25, -0.2) is 0 Å². The molecule has 2 aliphatic heterocycles. The minimum absolute atomic E-state index is 0.236. The van der Waals surface area contributed by atoms with E-state index in [1.165, 1.54) is 68.7 Å². The molecule has 0 aromatic rings. The third-order valence-corrected chi connectivity index (χ3v) is 6.04. The van der Waals surface area contributed by atoms with Crippen LogP contribution >= 0.6 is 23.5 Å². The minimum Gasteiger partial charge on any atom is -0.375 e. The standard InChI is InChI=1S/C15H29NOS2/c1-18-10-4-2-3-8-16-14-5-9-17-15(13-14)6-11-19-12-7-15/h14,16H,2-13H2,1H3. The second-order valence-electron chi connectivity index (χ2n) is 5.84. The molecule has 2 heterocycles. The molecule has 1 atom stereocenters. The zero-order valence-corrected chi connectivity index (χ0v) is 13.9. The molecule has 0 radical (unpaired) electrons. The topological polar surface area (TPSA) is 21.3 Å². The molecule has 1 unspecified atom stereocenters. The number of nitrogens with one attached hydrogen (secondary N) is 1. The molecule has 112 valence electrons. The summed E-state index contributed by atoms with van der Waals surface area (Å²) in [4.78, 5) is 0. The van der Waals surface area contributed by atoms with Gasteiger partial charge < -0.3 is 10.1 Å². The Morgan fingerprint density at radius 1 is 1.26 bits per heavy atom. The Bertz CT molecular complexity index is 239. The van der Waals surface area contributed by atoms with Crippen molar-refractivity contribution in [2.75, 3.05) is 36.7 Å². The van der Waals surface area contributed by atoms with E-state index in [1.54, 1.807) is 0 Å². The quantitative estimate of drug-likeness (QED) is 0.726. The number of thioether (sulfide) groups is 2. The third kappa shape index (κ3) is 5.49. The van der Waals surface area contributed by atoms with E-state index in [9.17, 15) is 0 Å². The van der Waals surface area contributed by atoms with Crippen molar-refractivity contribution in [3.8, 4) is 0 Å². The van der Waals surface area contributed by atoms with Crippen LogP contribution in [0, 0.1) is 0 Å². The van der Waals surface area contributed by atoms with Crippen molar-refractivity contribution in [3.63, 3.8) is 0 Å². The Morgan fingerprint density at radius 3 is 2.89 bits per heavy atom. The van der Waals surface area contributed by atoms with Crippen LogP contribution in [0.25, 0.3) is 0 Å². The molecule has 0 aliphatic carbocycles. The summed E-state index contributed by atoms with van der Waals surface area (Å²) in [5, 5.41) is 3.78. The average Bonchev–Trinajstić information content (AvgIpc) is 2.44. The Hall–Kier alpha value is 0.620. The van der Waals surface area contributed by atoms with Gasteiger partial charge in [-0.1, -0.05) is 6.42 Å². The first-order valence-corrected chi connectivity index (χ1v) is 10.3. The van der Waals surface area contributed by atoms with Gasteiger partial charge in [0.15, 0.2) is 0 Å². The molecule has 1 spiro atoms. The number of rotatable bonds is 7. The van der Waals surface area contributed by atoms with Crippen LogP contribution in [0.1, 0.15) is 44.9 Å². The van der Waals surface area contributed by atoms with Crippen LogP contribution in [-0.2, 0) is 4.74 Å². The highest BCUT2D eigenvalue weighted by Gasteiger charge is 2.38. The van der Waals surface area contributed by atoms with E-state index in [4.69, 9.17) is 4.74 Å². The fourth-order valence-electron chi connectivity index (χ4n) is 3.15. The van der Waals surface area contributed by atoms with Gasteiger partial charge in [0.25, 0.3) is 0 Å². The number of hydrogen-bond acceptors (Lipinski definition) is 4. The molecule has 2 aliphatic rings. The normalized spacial score (nSPS) is 26.7. The predicted octanol–water partition coefficient (Wildman–Crippen LogP) is 3.55. The molecule has 19 heavy (non-hydrogen) atoms. The summed E-state index contributed by atoms with van der Waals surface area (Å²) in [5.41, 5.74) is 0.236. The highest BCUT2D eigenvalue weighted by atomic mass is 32.2. The van der Waals surface area contributed by atoms with Crippen molar-refractivity contribution in [2.45, 2.75) is 56.6 Å². The lowest BCUT2D eigenvalue weighted by Crippen LogP contribution is -2.49. The molecule has 2 fully saturated rings. The highest BCUT2D eigenvalue weighted by molar-refractivity contribution is 7.99. The van der Waals surface area contributed by atoms with E-state index in [1.807, 2.05) is 11.8 Å². The van der Waals surface area contributed by atoms with Crippen molar-refractivity contribution < 1.29 is 4.74 Å². The van der Waals surface area contributed by atoms with Crippen molar-refractivity contribution in [1.82, 2.24) is 5.32 Å². The highest BCUT2D eigenvalue weighted by Crippen LogP contribution is 2.37. The van der Waals surface area contributed by atoms with Crippen LogP contribution in [0.5, 0.6) is 0 Å². The summed E-state index contributed by atoms with van der Waals surface area (Å²) in [6.45, 7) is 2.17. The fraction of sp³-hybridized carbons (Fsp3) is 1.00. The van der Waals surface area contributed by atoms with Gasteiger partial charge >= 0.3 is 0 Å². The van der Waals surface area contributed by atoms with E-state index >= 15 is 0 Å². The van der Waals surface area contributed by atoms with E-state index in [0.29, 0.717) is 6.04 Å². The lowest BCUT2D eigenvalue weighted by molar-refractivity contribution is -0.0930. The summed E-state index contributed by atoms with van der Waals surface area (Å²) in [6, 6.07) is 0.706. The van der Waals surface area contributed by atoms with Crippen molar-refractivity contribution in [3.05, 3.63) is 0 Å². The Morgan fingerprint density at radius 2 is 2.11 bits per heavy atom. The van der Waals surface area contributed by atoms with Gasteiger partial charge in [-0.3, -0.25) is 0 Å². The van der Waals surface area contributed by atoms with Crippen LogP contribution < -0.4 is 5.32 Å². The van der Waals surface area contributed by atoms with Crippen LogP contribution in [0.2, 0.25) is 0 Å². The average molecular weight is 304 g/mol. The maximum atomic E-state index is 6.14. The molecule has 1 N–H and O–H groups in total. The summed E-state index contributed by atoms with van der Waals surface area (Å²) in [7, 11) is 0. The van der Waals surface area contributed by atoms with Crippen LogP contribution in [0.15, 0.2) is 0 Å². The molecule has 0 aromatic carbocycles. The first-order valence-electron chi connectivity index (χ1n) is 7.79. The zero-order chi connectivity index (χ0) is 13.4. The molecule has 2 rings (SSSR count). The molecule has 0 bridgehead atoms. The molecule has 2 nitrogen and oxygen atoms in total.